The minimum absolute atomic E-state index is 0.224. The van der Waals surface area contributed by atoms with Crippen LogP contribution in [0.1, 0.15) is 0 Å². The van der Waals surface area contributed by atoms with Gasteiger partial charge >= 0.3 is 0 Å². The van der Waals surface area contributed by atoms with Gasteiger partial charge in [-0.1, -0.05) is 0 Å². The normalized spacial score (nSPS) is 10.6. The lowest BCUT2D eigenvalue weighted by Crippen LogP contribution is -2.10. The molecule has 0 atom stereocenters. The summed E-state index contributed by atoms with van der Waals surface area (Å²) in [4.78, 5) is 7.98. The van der Waals surface area contributed by atoms with Gasteiger partial charge in [-0.2, -0.15) is 0 Å². The maximum atomic E-state index is 5.84. The second-order valence-electron chi connectivity index (χ2n) is 4.54. The van der Waals surface area contributed by atoms with Crippen molar-refractivity contribution < 1.29 is 14.2 Å². The van der Waals surface area contributed by atoms with Gasteiger partial charge in [0.2, 0.25) is 5.95 Å². The Labute approximate surface area is 129 Å². The van der Waals surface area contributed by atoms with E-state index in [1.807, 2.05) is 12.1 Å². The van der Waals surface area contributed by atoms with Gasteiger partial charge in [-0.15, -0.1) is 0 Å². The van der Waals surface area contributed by atoms with E-state index in [1.54, 1.807) is 25.6 Å². The Morgan fingerprint density at radius 1 is 1.00 bits per heavy atom. The lowest BCUT2D eigenvalue weighted by molar-refractivity contribution is 0.0545. The zero-order chi connectivity index (χ0) is 15.8. The standard InChI is InChI=1S/C15H20N4O3/c1-20-4-5-21-6-7-22-14-3-2-12(16)8-13(14)11-9-18-15(17)19-10-11/h2-3,8-10H,4-7,16H2,1H3,(H2,17,18,19). The van der Waals surface area contributed by atoms with E-state index in [0.717, 1.165) is 11.1 Å². The molecule has 0 saturated carbocycles. The third-order valence-electron chi connectivity index (χ3n) is 2.90. The monoisotopic (exact) mass is 304 g/mol. The highest BCUT2D eigenvalue weighted by Gasteiger charge is 2.08. The molecule has 22 heavy (non-hydrogen) atoms. The minimum atomic E-state index is 0.224. The number of ether oxygens (including phenoxy) is 3. The number of nitrogens with two attached hydrogens (primary N) is 2. The number of hydrogen-bond donors (Lipinski definition) is 2. The first kappa shape index (κ1) is 16.0. The molecule has 0 fully saturated rings. The Hall–Kier alpha value is -2.38. The van der Waals surface area contributed by atoms with E-state index in [2.05, 4.69) is 9.97 Å². The molecule has 0 saturated heterocycles. The summed E-state index contributed by atoms with van der Waals surface area (Å²) < 4.78 is 16.0. The van der Waals surface area contributed by atoms with Gasteiger partial charge in [-0.3, -0.25) is 0 Å². The quantitative estimate of drug-likeness (QED) is 0.560. The van der Waals surface area contributed by atoms with Gasteiger partial charge in [-0.05, 0) is 18.2 Å². The fourth-order valence-corrected chi connectivity index (χ4v) is 1.83. The first-order chi connectivity index (χ1) is 10.7. The minimum Gasteiger partial charge on any atom is -0.491 e. The van der Waals surface area contributed by atoms with Crippen molar-refractivity contribution in [3.63, 3.8) is 0 Å². The molecule has 1 aromatic heterocycles. The number of anilines is 2. The Bertz CT molecular complexity index is 590. The van der Waals surface area contributed by atoms with Gasteiger partial charge in [0.05, 0.1) is 19.8 Å². The molecule has 0 bridgehead atoms. The van der Waals surface area contributed by atoms with Crippen molar-refractivity contribution in [2.24, 2.45) is 0 Å². The van der Waals surface area contributed by atoms with Crippen LogP contribution in [-0.4, -0.2) is 43.5 Å². The predicted octanol–water partition coefficient (Wildman–Crippen LogP) is 1.35. The molecule has 0 radical (unpaired) electrons. The van der Waals surface area contributed by atoms with Gasteiger partial charge in [0.15, 0.2) is 0 Å². The molecule has 2 rings (SSSR count). The molecule has 7 nitrogen and oxygen atoms in total. The summed E-state index contributed by atoms with van der Waals surface area (Å²) in [7, 11) is 1.63. The fraction of sp³-hybridized carbons (Fsp3) is 0.333. The second-order valence-corrected chi connectivity index (χ2v) is 4.54. The van der Waals surface area contributed by atoms with Gasteiger partial charge < -0.3 is 25.7 Å². The van der Waals surface area contributed by atoms with Crippen molar-refractivity contribution in [1.82, 2.24) is 9.97 Å². The largest absolute Gasteiger partial charge is 0.491 e. The van der Waals surface area contributed by atoms with Crippen LogP contribution in [0.4, 0.5) is 11.6 Å². The molecule has 7 heteroatoms. The van der Waals surface area contributed by atoms with Crippen LogP contribution in [0.25, 0.3) is 11.1 Å². The van der Waals surface area contributed by atoms with E-state index in [1.165, 1.54) is 0 Å². The topological polar surface area (TPSA) is 106 Å². The first-order valence-electron chi connectivity index (χ1n) is 6.87. The summed E-state index contributed by atoms with van der Waals surface area (Å²) in [6.45, 7) is 2.01. The molecule has 0 aliphatic carbocycles. The van der Waals surface area contributed by atoms with E-state index in [9.17, 15) is 0 Å². The van der Waals surface area contributed by atoms with Gasteiger partial charge in [0, 0.05) is 36.3 Å². The number of methoxy groups -OCH3 is 1. The second kappa shape index (κ2) is 8.16. The molecular weight excluding hydrogens is 284 g/mol. The lowest BCUT2D eigenvalue weighted by Gasteiger charge is -2.12. The summed E-state index contributed by atoms with van der Waals surface area (Å²) in [5.74, 6) is 0.916. The van der Waals surface area contributed by atoms with Crippen LogP contribution >= 0.6 is 0 Å². The van der Waals surface area contributed by atoms with Crippen molar-refractivity contribution in [3.05, 3.63) is 30.6 Å². The number of benzene rings is 1. The van der Waals surface area contributed by atoms with Gasteiger partial charge in [-0.25, -0.2) is 9.97 Å². The molecule has 1 heterocycles. The summed E-state index contributed by atoms with van der Waals surface area (Å²) in [6.07, 6.45) is 3.28. The van der Waals surface area contributed by atoms with E-state index in [4.69, 9.17) is 25.7 Å². The summed E-state index contributed by atoms with van der Waals surface area (Å²) >= 11 is 0. The molecule has 118 valence electrons. The molecule has 1 aromatic carbocycles. The van der Waals surface area contributed by atoms with E-state index in [-0.39, 0.29) is 5.95 Å². The molecule has 4 N–H and O–H groups in total. The number of nitrogens with zero attached hydrogens (tertiary/aromatic N) is 2. The van der Waals surface area contributed by atoms with Crippen LogP contribution in [0.15, 0.2) is 30.6 Å². The Balaban J connectivity index is 2.03. The SMILES string of the molecule is COCCOCCOc1ccc(N)cc1-c1cnc(N)nc1. The molecular formula is C15H20N4O3. The van der Waals surface area contributed by atoms with Crippen molar-refractivity contribution in [2.45, 2.75) is 0 Å². The molecule has 0 aliphatic rings. The predicted molar refractivity (Wildman–Crippen MR) is 84.5 cm³/mol. The molecule has 0 aliphatic heterocycles. The summed E-state index contributed by atoms with van der Waals surface area (Å²) in [5.41, 5.74) is 13.6. The smallest absolute Gasteiger partial charge is 0.219 e. The van der Waals surface area contributed by atoms with E-state index < -0.39 is 0 Å². The summed E-state index contributed by atoms with van der Waals surface area (Å²) in [6, 6.07) is 5.41. The Morgan fingerprint density at radius 2 is 1.73 bits per heavy atom. The molecule has 0 spiro atoms. The van der Waals surface area contributed by atoms with Gasteiger partial charge in [0.1, 0.15) is 12.4 Å². The highest BCUT2D eigenvalue weighted by molar-refractivity contribution is 5.73. The number of rotatable bonds is 8. The number of hydrogen-bond acceptors (Lipinski definition) is 7. The van der Waals surface area contributed by atoms with Crippen molar-refractivity contribution in [3.8, 4) is 16.9 Å². The van der Waals surface area contributed by atoms with Crippen molar-refractivity contribution in [1.29, 1.82) is 0 Å². The molecule has 0 unspecified atom stereocenters. The maximum Gasteiger partial charge on any atom is 0.219 e. The van der Waals surface area contributed by atoms with Crippen LogP contribution < -0.4 is 16.2 Å². The fourth-order valence-electron chi connectivity index (χ4n) is 1.83. The number of nitrogen functional groups attached to an aromatic ring is 2. The van der Waals surface area contributed by atoms with Crippen molar-refractivity contribution in [2.75, 3.05) is 45.0 Å². The Morgan fingerprint density at radius 3 is 2.45 bits per heavy atom. The van der Waals surface area contributed by atoms with Crippen molar-refractivity contribution >= 4 is 11.6 Å². The average Bonchev–Trinajstić information content (AvgIpc) is 2.52. The maximum absolute atomic E-state index is 5.84. The Kier molecular flexibility index (Phi) is 5.93. The highest BCUT2D eigenvalue weighted by atomic mass is 16.5. The van der Waals surface area contributed by atoms with Crippen LogP contribution in [0, 0.1) is 0 Å². The molecule has 0 amide bonds. The van der Waals surface area contributed by atoms with E-state index in [0.29, 0.717) is 37.9 Å². The van der Waals surface area contributed by atoms with Crippen LogP contribution in [0.5, 0.6) is 5.75 Å². The van der Waals surface area contributed by atoms with Crippen LogP contribution in [0.3, 0.4) is 0 Å². The first-order valence-corrected chi connectivity index (χ1v) is 6.87. The molecule has 2 aromatic rings. The zero-order valence-corrected chi connectivity index (χ0v) is 12.5. The third-order valence-corrected chi connectivity index (χ3v) is 2.90. The van der Waals surface area contributed by atoms with E-state index >= 15 is 0 Å². The van der Waals surface area contributed by atoms with Gasteiger partial charge in [0.25, 0.3) is 0 Å². The highest BCUT2D eigenvalue weighted by Crippen LogP contribution is 2.31. The third kappa shape index (κ3) is 4.57. The number of aromatic nitrogens is 2. The lowest BCUT2D eigenvalue weighted by atomic mass is 10.1. The van der Waals surface area contributed by atoms with Crippen LogP contribution in [-0.2, 0) is 9.47 Å². The van der Waals surface area contributed by atoms with Crippen LogP contribution in [0.2, 0.25) is 0 Å². The summed E-state index contributed by atoms with van der Waals surface area (Å²) in [5, 5.41) is 0. The zero-order valence-electron chi connectivity index (χ0n) is 12.5. The average molecular weight is 304 g/mol.